The first-order valence-electron chi connectivity index (χ1n) is 10.7. The number of carbonyl (C=O) groups is 2. The van der Waals surface area contributed by atoms with Gasteiger partial charge in [0.25, 0.3) is 0 Å². The highest BCUT2D eigenvalue weighted by atomic mass is 28.3. The topological polar surface area (TPSA) is 85.3 Å². The van der Waals surface area contributed by atoms with Gasteiger partial charge in [0, 0.05) is 30.1 Å². The molecule has 1 atom stereocenters. The van der Waals surface area contributed by atoms with Gasteiger partial charge in [0.2, 0.25) is 5.91 Å². The van der Waals surface area contributed by atoms with E-state index in [1.165, 1.54) is 7.11 Å². The lowest BCUT2D eigenvalue weighted by atomic mass is 9.82. The van der Waals surface area contributed by atoms with Crippen molar-refractivity contribution >= 4 is 36.3 Å². The fraction of sp³-hybridized carbons (Fsp3) is 0.417. The number of fused-ring (bicyclic) bond motifs is 4. The van der Waals surface area contributed by atoms with E-state index in [-0.39, 0.29) is 35.1 Å². The van der Waals surface area contributed by atoms with Crippen LogP contribution in [0.2, 0.25) is 25.2 Å². The lowest BCUT2D eigenvalue weighted by Crippen LogP contribution is -2.35. The number of benzene rings is 2. The highest BCUT2D eigenvalue weighted by Gasteiger charge is 2.45. The van der Waals surface area contributed by atoms with Crippen molar-refractivity contribution in [2.45, 2.75) is 38.2 Å². The van der Waals surface area contributed by atoms with Gasteiger partial charge in [-0.25, -0.2) is 4.79 Å². The molecule has 8 heteroatoms. The molecule has 2 aromatic carbocycles. The van der Waals surface area contributed by atoms with E-state index in [0.717, 1.165) is 16.7 Å². The maximum Gasteiger partial charge on any atom is 0.342 e. The number of hydrogen-bond donors (Lipinski definition) is 1. The summed E-state index contributed by atoms with van der Waals surface area (Å²) in [6, 6.07) is 2.04. The third kappa shape index (κ3) is 2.59. The molecule has 0 saturated heterocycles. The Morgan fingerprint density at radius 1 is 1.12 bits per heavy atom. The van der Waals surface area contributed by atoms with E-state index in [9.17, 15) is 14.7 Å². The van der Waals surface area contributed by atoms with Crippen molar-refractivity contribution < 1.29 is 28.9 Å². The molecule has 5 rings (SSSR count). The quantitative estimate of drug-likeness (QED) is 0.563. The number of amides is 1. The summed E-state index contributed by atoms with van der Waals surface area (Å²) in [5.41, 5.74) is 4.48. The fourth-order valence-corrected chi connectivity index (χ4v) is 7.53. The van der Waals surface area contributed by atoms with Crippen molar-refractivity contribution in [3.05, 3.63) is 33.9 Å². The Morgan fingerprint density at radius 2 is 1.81 bits per heavy atom. The third-order valence-electron chi connectivity index (χ3n) is 7.03. The van der Waals surface area contributed by atoms with Crippen LogP contribution in [0.1, 0.15) is 27.0 Å². The molecule has 32 heavy (non-hydrogen) atoms. The van der Waals surface area contributed by atoms with Gasteiger partial charge in [0.1, 0.15) is 29.4 Å². The Bertz CT molecular complexity index is 1260. The monoisotopic (exact) mass is 453 g/mol. The van der Waals surface area contributed by atoms with E-state index in [1.807, 2.05) is 6.07 Å². The Hall–Kier alpha value is -3.00. The molecule has 0 saturated carbocycles. The predicted molar refractivity (Wildman–Crippen MR) is 123 cm³/mol. The zero-order valence-electron chi connectivity index (χ0n) is 19.2. The minimum Gasteiger partial charge on any atom is -0.507 e. The summed E-state index contributed by atoms with van der Waals surface area (Å²) in [6.07, 6.45) is 0.685. The molecule has 1 unspecified atom stereocenters. The molecule has 0 aromatic heterocycles. The van der Waals surface area contributed by atoms with Gasteiger partial charge < -0.3 is 24.2 Å². The minimum absolute atomic E-state index is 0.0276. The van der Waals surface area contributed by atoms with Gasteiger partial charge in [-0.15, -0.1) is 0 Å². The molecule has 1 N–H and O–H groups in total. The number of ether oxygens (including phenoxy) is 3. The van der Waals surface area contributed by atoms with Crippen LogP contribution in [0.15, 0.2) is 11.6 Å². The van der Waals surface area contributed by atoms with E-state index >= 15 is 0 Å². The van der Waals surface area contributed by atoms with Crippen molar-refractivity contribution in [3.63, 3.8) is 0 Å². The molecule has 1 amide bonds. The SMILES string of the molecule is COc1c2c(c(OC)c3c(O)c4c(cc13)CC([Si](C)(C)C)C1=C4CN(C)C1=O)C(=O)OC2. The molecule has 1 aliphatic carbocycles. The first kappa shape index (κ1) is 20.9. The highest BCUT2D eigenvalue weighted by Crippen LogP contribution is 2.55. The number of rotatable bonds is 3. The molecule has 0 spiro atoms. The second-order valence-electron chi connectivity index (χ2n) is 9.85. The minimum atomic E-state index is -1.74. The van der Waals surface area contributed by atoms with Crippen LogP contribution in [-0.4, -0.2) is 57.8 Å². The van der Waals surface area contributed by atoms with Crippen LogP contribution in [-0.2, 0) is 22.6 Å². The smallest absolute Gasteiger partial charge is 0.342 e. The number of phenols is 1. The van der Waals surface area contributed by atoms with Gasteiger partial charge in [0.15, 0.2) is 0 Å². The van der Waals surface area contributed by atoms with Gasteiger partial charge in [-0.3, -0.25) is 4.79 Å². The van der Waals surface area contributed by atoms with Gasteiger partial charge in [0.05, 0.1) is 33.2 Å². The van der Waals surface area contributed by atoms with Crippen LogP contribution >= 0.6 is 0 Å². The van der Waals surface area contributed by atoms with Gasteiger partial charge in [-0.1, -0.05) is 19.6 Å². The van der Waals surface area contributed by atoms with Crippen LogP contribution in [0.4, 0.5) is 0 Å². The maximum absolute atomic E-state index is 13.1. The Morgan fingerprint density at radius 3 is 2.44 bits per heavy atom. The molecule has 7 nitrogen and oxygen atoms in total. The summed E-state index contributed by atoms with van der Waals surface area (Å²) in [5.74, 6) is 0.373. The molecule has 3 aliphatic rings. The third-order valence-corrected chi connectivity index (χ3v) is 9.62. The summed E-state index contributed by atoms with van der Waals surface area (Å²) >= 11 is 0. The Kier molecular flexibility index (Phi) is 4.40. The van der Waals surface area contributed by atoms with Gasteiger partial charge in [-0.05, 0) is 29.2 Å². The van der Waals surface area contributed by atoms with Crippen LogP contribution in [0, 0.1) is 0 Å². The van der Waals surface area contributed by atoms with Gasteiger partial charge >= 0.3 is 5.97 Å². The van der Waals surface area contributed by atoms with Crippen molar-refractivity contribution in [2.75, 3.05) is 27.8 Å². The molecule has 0 radical (unpaired) electrons. The second-order valence-corrected chi connectivity index (χ2v) is 15.3. The van der Waals surface area contributed by atoms with Gasteiger partial charge in [-0.2, -0.15) is 0 Å². The van der Waals surface area contributed by atoms with E-state index < -0.39 is 14.0 Å². The number of likely N-dealkylation sites (N-methyl/N-ethyl adjacent to an activating group) is 1. The zero-order chi connectivity index (χ0) is 23.1. The average Bonchev–Trinajstić information content (AvgIpc) is 3.25. The summed E-state index contributed by atoms with van der Waals surface area (Å²) in [7, 11) is 3.09. The zero-order valence-corrected chi connectivity index (χ0v) is 20.2. The summed E-state index contributed by atoms with van der Waals surface area (Å²) in [5, 5.41) is 12.7. The highest BCUT2D eigenvalue weighted by molar-refractivity contribution is 6.78. The first-order valence-corrected chi connectivity index (χ1v) is 14.3. The van der Waals surface area contributed by atoms with E-state index in [2.05, 4.69) is 19.6 Å². The van der Waals surface area contributed by atoms with Crippen LogP contribution in [0.25, 0.3) is 16.3 Å². The number of cyclic esters (lactones) is 1. The van der Waals surface area contributed by atoms with Crippen LogP contribution in [0.5, 0.6) is 17.2 Å². The van der Waals surface area contributed by atoms with E-state index in [1.54, 1.807) is 19.1 Å². The number of aromatic hydroxyl groups is 1. The van der Waals surface area contributed by atoms with E-state index in [0.29, 0.717) is 40.6 Å². The largest absolute Gasteiger partial charge is 0.507 e. The number of nitrogens with zero attached hydrogens (tertiary/aromatic N) is 1. The number of hydrogen-bond acceptors (Lipinski definition) is 6. The van der Waals surface area contributed by atoms with Crippen LogP contribution < -0.4 is 9.47 Å². The van der Waals surface area contributed by atoms with Crippen molar-refractivity contribution in [1.29, 1.82) is 0 Å². The Labute approximate surface area is 187 Å². The van der Waals surface area contributed by atoms with Crippen molar-refractivity contribution in [1.82, 2.24) is 4.90 Å². The lowest BCUT2D eigenvalue weighted by molar-refractivity contribution is -0.124. The predicted octanol–water partition coefficient (Wildman–Crippen LogP) is 3.72. The molecule has 0 fully saturated rings. The number of methoxy groups -OCH3 is 2. The molecular weight excluding hydrogens is 426 g/mol. The van der Waals surface area contributed by atoms with Crippen molar-refractivity contribution in [2.24, 2.45) is 0 Å². The maximum atomic E-state index is 13.1. The standard InChI is InChI=1S/C24H27NO6Si/c1-25-9-13-16-11(8-15(32(4,5)6)17(13)23(25)27)7-12-18(20(16)26)22(30-3)19-14(21(12)29-2)10-31-24(19)28/h7,15,26H,8-10H2,1-6H3. The van der Waals surface area contributed by atoms with E-state index in [4.69, 9.17) is 14.2 Å². The second kappa shape index (κ2) is 6.75. The normalized spacial score (nSPS) is 19.8. The Balaban J connectivity index is 1.91. The lowest BCUT2D eigenvalue weighted by Gasteiger charge is -2.35. The van der Waals surface area contributed by atoms with Crippen molar-refractivity contribution in [3.8, 4) is 17.2 Å². The number of phenolic OH excluding ortho intramolecular Hbond substituents is 1. The molecule has 0 bridgehead atoms. The molecule has 2 aromatic rings. The summed E-state index contributed by atoms with van der Waals surface area (Å²) in [6.45, 7) is 7.39. The molecule has 168 valence electrons. The molecule has 2 heterocycles. The first-order chi connectivity index (χ1) is 15.1. The van der Waals surface area contributed by atoms with Crippen LogP contribution in [0.3, 0.4) is 0 Å². The molecule has 2 aliphatic heterocycles. The summed E-state index contributed by atoms with van der Waals surface area (Å²) in [4.78, 5) is 27.3. The fourth-order valence-electron chi connectivity index (χ4n) is 5.53. The molecular formula is C24H27NO6Si. The average molecular weight is 454 g/mol. The number of carbonyl (C=O) groups excluding carboxylic acids is 2. The summed E-state index contributed by atoms with van der Waals surface area (Å²) < 4.78 is 16.6. The number of esters is 1.